The number of nitrogens with zero attached hydrogens (tertiary/aromatic N) is 2. The number of anilines is 1. The predicted molar refractivity (Wildman–Crippen MR) is 72.6 cm³/mol. The normalized spacial score (nSPS) is 15.6. The second-order valence-electron chi connectivity index (χ2n) is 5.77. The Labute approximate surface area is 108 Å². The molecular formula is C12H23N3OS. The number of aliphatic hydroxyl groups is 1. The van der Waals surface area contributed by atoms with Gasteiger partial charge in [-0.15, -0.1) is 0 Å². The first kappa shape index (κ1) is 14.4. The van der Waals surface area contributed by atoms with Crippen molar-refractivity contribution in [3.05, 3.63) is 5.82 Å². The fourth-order valence-electron chi connectivity index (χ4n) is 1.49. The van der Waals surface area contributed by atoms with E-state index in [0.717, 1.165) is 23.8 Å². The van der Waals surface area contributed by atoms with Crippen molar-refractivity contribution in [1.29, 1.82) is 0 Å². The highest BCUT2D eigenvalue weighted by Gasteiger charge is 2.22. The molecule has 1 rings (SSSR count). The van der Waals surface area contributed by atoms with Gasteiger partial charge in [-0.05, 0) is 13.3 Å². The van der Waals surface area contributed by atoms with Crippen LogP contribution in [-0.2, 0) is 5.41 Å². The standard InChI is InChI=1S/C12H23N3OS/c1-6-7-12(5,16)8-13-10-14-9(15-17-10)11(2,3)4/h16H,6-8H2,1-5H3,(H,13,14,15). The third kappa shape index (κ3) is 4.60. The first-order chi connectivity index (χ1) is 7.74. The molecule has 0 amide bonds. The van der Waals surface area contributed by atoms with Gasteiger partial charge in [-0.2, -0.15) is 4.37 Å². The molecule has 0 saturated carbocycles. The summed E-state index contributed by atoms with van der Waals surface area (Å²) in [6.45, 7) is 10.7. The minimum atomic E-state index is -0.678. The van der Waals surface area contributed by atoms with E-state index in [4.69, 9.17) is 0 Å². The van der Waals surface area contributed by atoms with Gasteiger partial charge < -0.3 is 10.4 Å². The molecule has 0 spiro atoms. The summed E-state index contributed by atoms with van der Waals surface area (Å²) in [5.74, 6) is 0.847. The predicted octanol–water partition coefficient (Wildman–Crippen LogP) is 2.80. The Morgan fingerprint density at radius 1 is 1.29 bits per heavy atom. The van der Waals surface area contributed by atoms with Gasteiger partial charge in [-0.25, -0.2) is 4.98 Å². The highest BCUT2D eigenvalue weighted by Crippen LogP contribution is 2.23. The number of hydrogen-bond acceptors (Lipinski definition) is 5. The Morgan fingerprint density at radius 2 is 1.94 bits per heavy atom. The molecule has 17 heavy (non-hydrogen) atoms. The van der Waals surface area contributed by atoms with E-state index in [9.17, 15) is 5.11 Å². The minimum Gasteiger partial charge on any atom is -0.388 e. The number of rotatable bonds is 5. The number of nitrogens with one attached hydrogen (secondary N) is 1. The van der Waals surface area contributed by atoms with Crippen molar-refractivity contribution in [2.75, 3.05) is 11.9 Å². The molecule has 98 valence electrons. The van der Waals surface area contributed by atoms with Gasteiger partial charge in [0.25, 0.3) is 0 Å². The molecule has 1 aromatic heterocycles. The third-order valence-corrected chi connectivity index (χ3v) is 3.18. The Hall–Kier alpha value is -0.680. The highest BCUT2D eigenvalue weighted by molar-refractivity contribution is 7.09. The largest absolute Gasteiger partial charge is 0.388 e. The molecule has 1 heterocycles. The van der Waals surface area contributed by atoms with Gasteiger partial charge in [0, 0.05) is 23.5 Å². The Morgan fingerprint density at radius 3 is 2.41 bits per heavy atom. The zero-order valence-electron chi connectivity index (χ0n) is 11.4. The molecule has 0 fully saturated rings. The second-order valence-corrected chi connectivity index (χ2v) is 6.53. The van der Waals surface area contributed by atoms with Crippen LogP contribution in [0.2, 0.25) is 0 Å². The van der Waals surface area contributed by atoms with E-state index < -0.39 is 5.60 Å². The van der Waals surface area contributed by atoms with Crippen LogP contribution in [0.15, 0.2) is 0 Å². The average Bonchev–Trinajstić information content (AvgIpc) is 2.62. The lowest BCUT2D eigenvalue weighted by Gasteiger charge is -2.22. The van der Waals surface area contributed by atoms with Gasteiger partial charge in [0.2, 0.25) is 5.13 Å². The summed E-state index contributed by atoms with van der Waals surface area (Å²) in [4.78, 5) is 4.43. The van der Waals surface area contributed by atoms with Crippen LogP contribution >= 0.6 is 11.5 Å². The quantitative estimate of drug-likeness (QED) is 0.851. The van der Waals surface area contributed by atoms with E-state index in [1.165, 1.54) is 11.5 Å². The van der Waals surface area contributed by atoms with Crippen molar-refractivity contribution < 1.29 is 5.11 Å². The zero-order chi connectivity index (χ0) is 13.1. The van der Waals surface area contributed by atoms with Gasteiger partial charge in [0.1, 0.15) is 5.82 Å². The lowest BCUT2D eigenvalue weighted by molar-refractivity contribution is 0.0637. The molecule has 4 nitrogen and oxygen atoms in total. The maximum atomic E-state index is 10.0. The lowest BCUT2D eigenvalue weighted by Crippen LogP contribution is -2.33. The van der Waals surface area contributed by atoms with Crippen molar-refractivity contribution in [1.82, 2.24) is 9.36 Å². The maximum absolute atomic E-state index is 10.0. The Bertz CT molecular complexity index is 355. The topological polar surface area (TPSA) is 58.0 Å². The number of hydrogen-bond donors (Lipinski definition) is 2. The smallest absolute Gasteiger partial charge is 0.202 e. The van der Waals surface area contributed by atoms with Gasteiger partial charge in [-0.3, -0.25) is 0 Å². The molecule has 0 bridgehead atoms. The van der Waals surface area contributed by atoms with Crippen LogP contribution in [0.1, 0.15) is 53.3 Å². The molecule has 0 aliphatic rings. The van der Waals surface area contributed by atoms with Crippen molar-refractivity contribution in [2.24, 2.45) is 0 Å². The molecule has 1 atom stereocenters. The fourth-order valence-corrected chi connectivity index (χ4v) is 2.24. The fraction of sp³-hybridized carbons (Fsp3) is 0.833. The Balaban J connectivity index is 2.56. The third-order valence-electron chi connectivity index (χ3n) is 2.51. The van der Waals surface area contributed by atoms with Crippen LogP contribution in [0, 0.1) is 0 Å². The van der Waals surface area contributed by atoms with E-state index in [-0.39, 0.29) is 5.41 Å². The zero-order valence-corrected chi connectivity index (χ0v) is 12.2. The van der Waals surface area contributed by atoms with Crippen LogP contribution in [0.4, 0.5) is 5.13 Å². The second kappa shape index (κ2) is 5.31. The van der Waals surface area contributed by atoms with Crippen molar-refractivity contribution in [2.45, 2.75) is 58.5 Å². The van der Waals surface area contributed by atoms with Crippen molar-refractivity contribution in [3.63, 3.8) is 0 Å². The number of aromatic nitrogens is 2. The summed E-state index contributed by atoms with van der Waals surface area (Å²) < 4.78 is 4.32. The lowest BCUT2D eigenvalue weighted by atomic mass is 9.96. The van der Waals surface area contributed by atoms with E-state index in [0.29, 0.717) is 6.54 Å². The van der Waals surface area contributed by atoms with Crippen LogP contribution in [0.25, 0.3) is 0 Å². The molecule has 0 saturated heterocycles. The van der Waals surface area contributed by atoms with Crippen LogP contribution in [-0.4, -0.2) is 26.6 Å². The molecule has 5 heteroatoms. The monoisotopic (exact) mass is 257 g/mol. The van der Waals surface area contributed by atoms with Crippen molar-refractivity contribution in [3.8, 4) is 0 Å². The van der Waals surface area contributed by atoms with E-state index >= 15 is 0 Å². The molecule has 0 aliphatic heterocycles. The first-order valence-corrected chi connectivity index (χ1v) is 6.82. The average molecular weight is 257 g/mol. The molecular weight excluding hydrogens is 234 g/mol. The van der Waals surface area contributed by atoms with Gasteiger partial charge in [0.15, 0.2) is 0 Å². The van der Waals surface area contributed by atoms with Crippen LogP contribution < -0.4 is 5.32 Å². The van der Waals surface area contributed by atoms with E-state index in [1.807, 2.05) is 6.92 Å². The van der Waals surface area contributed by atoms with Gasteiger partial charge >= 0.3 is 0 Å². The molecule has 0 aliphatic carbocycles. The van der Waals surface area contributed by atoms with Crippen LogP contribution in [0.3, 0.4) is 0 Å². The highest BCUT2D eigenvalue weighted by atomic mass is 32.1. The van der Waals surface area contributed by atoms with Gasteiger partial charge in [-0.1, -0.05) is 34.1 Å². The summed E-state index contributed by atoms with van der Waals surface area (Å²) >= 11 is 1.35. The molecule has 1 aromatic rings. The summed E-state index contributed by atoms with van der Waals surface area (Å²) in [7, 11) is 0. The maximum Gasteiger partial charge on any atom is 0.202 e. The summed E-state index contributed by atoms with van der Waals surface area (Å²) in [6, 6.07) is 0. The summed E-state index contributed by atoms with van der Waals surface area (Å²) in [6.07, 6.45) is 1.75. The molecule has 2 N–H and O–H groups in total. The summed E-state index contributed by atoms with van der Waals surface area (Å²) in [5, 5.41) is 14.0. The molecule has 1 unspecified atom stereocenters. The van der Waals surface area contributed by atoms with Crippen molar-refractivity contribution >= 4 is 16.7 Å². The SMILES string of the molecule is CCCC(C)(O)CNc1nc(C(C)(C)C)ns1. The Kier molecular flexibility index (Phi) is 4.49. The van der Waals surface area contributed by atoms with Gasteiger partial charge in [0.05, 0.1) is 5.60 Å². The van der Waals surface area contributed by atoms with E-state index in [2.05, 4.69) is 42.4 Å². The first-order valence-electron chi connectivity index (χ1n) is 6.05. The van der Waals surface area contributed by atoms with Crippen LogP contribution in [0.5, 0.6) is 0 Å². The molecule has 0 aromatic carbocycles. The molecule has 0 radical (unpaired) electrons. The summed E-state index contributed by atoms with van der Waals surface area (Å²) in [5.41, 5.74) is -0.704. The van der Waals surface area contributed by atoms with E-state index in [1.54, 1.807) is 0 Å². The minimum absolute atomic E-state index is 0.0254.